The fraction of sp³-hybridized carbons (Fsp3) is 0.630. The van der Waals surface area contributed by atoms with Crippen molar-refractivity contribution in [2.75, 3.05) is 45.9 Å². The van der Waals surface area contributed by atoms with Gasteiger partial charge in [-0.25, -0.2) is 0 Å². The van der Waals surface area contributed by atoms with Crippen molar-refractivity contribution >= 4 is 34.5 Å². The van der Waals surface area contributed by atoms with E-state index in [0.29, 0.717) is 23.5 Å². The highest BCUT2D eigenvalue weighted by Crippen LogP contribution is 2.37. The second-order valence-corrected chi connectivity index (χ2v) is 11.7. The Morgan fingerprint density at radius 3 is 2.68 bits per heavy atom. The molecule has 34 heavy (non-hydrogen) atoms. The Balaban J connectivity index is 1.30. The zero-order valence-electron chi connectivity index (χ0n) is 20.2. The number of likely N-dealkylation sites (tertiary alicyclic amines) is 2. The smallest absolute Gasteiger partial charge is 0.0549 e. The molecule has 0 spiro atoms. The second kappa shape index (κ2) is 13.0. The van der Waals surface area contributed by atoms with Gasteiger partial charge in [-0.15, -0.1) is 0 Å². The summed E-state index contributed by atoms with van der Waals surface area (Å²) in [5, 5.41) is 14.9. The molecule has 3 atom stereocenters. The number of hydrogen-bond acceptors (Lipinski definition) is 5. The Hall–Kier alpha value is -0.660. The monoisotopic (exact) mass is 524 g/mol. The normalized spacial score (nSPS) is 23.5. The fourth-order valence-corrected chi connectivity index (χ4v) is 6.85. The summed E-state index contributed by atoms with van der Waals surface area (Å²) in [6.07, 6.45) is 4.67. The van der Waals surface area contributed by atoms with E-state index in [1.807, 2.05) is 12.1 Å². The van der Waals surface area contributed by atoms with Gasteiger partial charge < -0.3 is 14.7 Å². The van der Waals surface area contributed by atoms with E-state index in [-0.39, 0.29) is 12.7 Å². The molecule has 1 aromatic heterocycles. The Labute approximate surface area is 218 Å². The molecule has 1 unspecified atom stereocenters. The Morgan fingerprint density at radius 2 is 1.97 bits per heavy atom. The SMILES string of the molecule is CC(CC1CCN(C[C@H]2CN(Cc3ccc(Cl)cc3Cl)C[C@@H]2c2ccsc2)CC1)OCCCO. The molecule has 0 bridgehead atoms. The molecule has 0 saturated carbocycles. The minimum Gasteiger partial charge on any atom is -0.396 e. The molecule has 4 nitrogen and oxygen atoms in total. The zero-order chi connectivity index (χ0) is 23.9. The first-order valence-corrected chi connectivity index (χ1v) is 14.3. The minimum absolute atomic E-state index is 0.211. The molecule has 4 rings (SSSR count). The van der Waals surface area contributed by atoms with Crippen LogP contribution < -0.4 is 0 Å². The predicted octanol–water partition coefficient (Wildman–Crippen LogP) is 6.16. The first-order chi connectivity index (χ1) is 16.5. The number of thiophene rings is 1. The van der Waals surface area contributed by atoms with Crippen LogP contribution in [0.15, 0.2) is 35.0 Å². The van der Waals surface area contributed by atoms with E-state index >= 15 is 0 Å². The molecule has 2 aromatic rings. The lowest BCUT2D eigenvalue weighted by atomic mass is 9.88. The van der Waals surface area contributed by atoms with Crippen LogP contribution in [-0.2, 0) is 11.3 Å². The summed E-state index contributed by atoms with van der Waals surface area (Å²) < 4.78 is 5.86. The summed E-state index contributed by atoms with van der Waals surface area (Å²) in [5.41, 5.74) is 2.65. The van der Waals surface area contributed by atoms with E-state index in [2.05, 4.69) is 39.6 Å². The lowest BCUT2D eigenvalue weighted by Gasteiger charge is -2.35. The van der Waals surface area contributed by atoms with E-state index in [1.54, 1.807) is 11.3 Å². The number of hydrogen-bond donors (Lipinski definition) is 1. The standard InChI is InChI=1S/C27H38Cl2N2O2S/c1-20(33-11-2-10-32)13-21-5-8-30(9-6-21)16-24-17-31(18-26(24)23-7-12-34-19-23)15-22-3-4-25(28)14-27(22)29/h3-4,7,12,14,19-21,24,26,32H,2,5-6,8-11,13,15-18H2,1H3/t20?,24-,26+/m0/s1. The summed E-state index contributed by atoms with van der Waals surface area (Å²) in [5.74, 6) is 1.97. The third-order valence-corrected chi connectivity index (χ3v) is 8.76. The molecule has 1 aromatic carbocycles. The van der Waals surface area contributed by atoms with Gasteiger partial charge in [-0.2, -0.15) is 11.3 Å². The van der Waals surface area contributed by atoms with Gasteiger partial charge >= 0.3 is 0 Å². The average Bonchev–Trinajstić information content (AvgIpc) is 3.47. The van der Waals surface area contributed by atoms with Crippen LogP contribution in [0, 0.1) is 11.8 Å². The van der Waals surface area contributed by atoms with Gasteiger partial charge in [-0.3, -0.25) is 4.90 Å². The molecular weight excluding hydrogens is 487 g/mol. The number of aliphatic hydroxyl groups excluding tert-OH is 1. The summed E-state index contributed by atoms with van der Waals surface area (Å²) in [6.45, 7) is 9.66. The maximum absolute atomic E-state index is 8.94. The molecule has 2 aliphatic heterocycles. The van der Waals surface area contributed by atoms with Crippen LogP contribution >= 0.6 is 34.5 Å². The third kappa shape index (κ3) is 7.42. The number of rotatable bonds is 11. The summed E-state index contributed by atoms with van der Waals surface area (Å²) in [7, 11) is 0. The first kappa shape index (κ1) is 26.4. The van der Waals surface area contributed by atoms with Gasteiger partial charge in [-0.05, 0) is 97.6 Å². The third-order valence-electron chi connectivity index (χ3n) is 7.47. The minimum atomic E-state index is 0.211. The lowest BCUT2D eigenvalue weighted by Crippen LogP contribution is -2.39. The fourth-order valence-electron chi connectivity index (χ4n) is 5.65. The Kier molecular flexibility index (Phi) is 10.1. The molecule has 2 fully saturated rings. The number of halogens is 2. The second-order valence-electron chi connectivity index (χ2n) is 10.1. The van der Waals surface area contributed by atoms with E-state index in [4.69, 9.17) is 33.0 Å². The maximum atomic E-state index is 8.94. The number of piperidine rings is 1. The van der Waals surface area contributed by atoms with Crippen molar-refractivity contribution in [1.82, 2.24) is 9.80 Å². The molecule has 0 amide bonds. The number of ether oxygens (including phenoxy) is 1. The van der Waals surface area contributed by atoms with Crippen molar-refractivity contribution in [3.05, 3.63) is 56.2 Å². The van der Waals surface area contributed by atoms with Crippen molar-refractivity contribution in [1.29, 1.82) is 0 Å². The van der Waals surface area contributed by atoms with Gasteiger partial charge in [0.25, 0.3) is 0 Å². The molecule has 7 heteroatoms. The first-order valence-electron chi connectivity index (χ1n) is 12.6. The molecule has 2 saturated heterocycles. The van der Waals surface area contributed by atoms with Crippen molar-refractivity contribution in [3.8, 4) is 0 Å². The highest BCUT2D eigenvalue weighted by Gasteiger charge is 2.36. The lowest BCUT2D eigenvalue weighted by molar-refractivity contribution is 0.0305. The van der Waals surface area contributed by atoms with E-state index in [1.165, 1.54) is 38.0 Å². The average molecular weight is 526 g/mol. The highest BCUT2D eigenvalue weighted by atomic mass is 35.5. The van der Waals surface area contributed by atoms with Gasteiger partial charge in [0.1, 0.15) is 0 Å². The van der Waals surface area contributed by atoms with Crippen molar-refractivity contribution in [2.45, 2.75) is 51.2 Å². The van der Waals surface area contributed by atoms with Crippen molar-refractivity contribution in [3.63, 3.8) is 0 Å². The van der Waals surface area contributed by atoms with Crippen LogP contribution in [0.25, 0.3) is 0 Å². The summed E-state index contributed by atoms with van der Waals surface area (Å²) in [6, 6.07) is 8.17. The molecule has 2 aliphatic rings. The van der Waals surface area contributed by atoms with Gasteiger partial charge in [-0.1, -0.05) is 29.3 Å². The molecule has 3 heterocycles. The molecule has 1 N–H and O–H groups in total. The van der Waals surface area contributed by atoms with Gasteiger partial charge in [0.15, 0.2) is 0 Å². The highest BCUT2D eigenvalue weighted by molar-refractivity contribution is 7.08. The molecule has 0 radical (unpaired) electrons. The van der Waals surface area contributed by atoms with Crippen LogP contribution in [0.4, 0.5) is 0 Å². The molecular formula is C27H38Cl2N2O2S. The topological polar surface area (TPSA) is 35.9 Å². The van der Waals surface area contributed by atoms with Crippen LogP contribution in [0.5, 0.6) is 0 Å². The quantitative estimate of drug-likeness (QED) is 0.357. The van der Waals surface area contributed by atoms with Gasteiger partial charge in [0.2, 0.25) is 0 Å². The van der Waals surface area contributed by atoms with Crippen LogP contribution in [0.3, 0.4) is 0 Å². The summed E-state index contributed by atoms with van der Waals surface area (Å²) in [4.78, 5) is 5.26. The number of nitrogens with zero attached hydrogens (tertiary/aromatic N) is 2. The molecule has 0 aliphatic carbocycles. The van der Waals surface area contributed by atoms with Crippen LogP contribution in [0.2, 0.25) is 10.0 Å². The largest absolute Gasteiger partial charge is 0.396 e. The summed E-state index contributed by atoms with van der Waals surface area (Å²) >= 11 is 14.4. The van der Waals surface area contributed by atoms with E-state index < -0.39 is 0 Å². The van der Waals surface area contributed by atoms with Crippen molar-refractivity contribution < 1.29 is 9.84 Å². The molecule has 188 valence electrons. The van der Waals surface area contributed by atoms with E-state index in [0.717, 1.165) is 49.0 Å². The van der Waals surface area contributed by atoms with Gasteiger partial charge in [0, 0.05) is 55.4 Å². The Bertz CT molecular complexity index is 874. The predicted molar refractivity (Wildman–Crippen MR) is 143 cm³/mol. The van der Waals surface area contributed by atoms with Gasteiger partial charge in [0.05, 0.1) is 6.10 Å². The maximum Gasteiger partial charge on any atom is 0.0549 e. The number of aliphatic hydroxyl groups is 1. The van der Waals surface area contributed by atoms with E-state index in [9.17, 15) is 0 Å². The Morgan fingerprint density at radius 1 is 1.15 bits per heavy atom. The van der Waals surface area contributed by atoms with Crippen LogP contribution in [0.1, 0.15) is 49.7 Å². The zero-order valence-corrected chi connectivity index (χ0v) is 22.5. The van der Waals surface area contributed by atoms with Crippen molar-refractivity contribution in [2.24, 2.45) is 11.8 Å². The van der Waals surface area contributed by atoms with Crippen LogP contribution in [-0.4, -0.2) is 66.9 Å². The number of benzene rings is 1.